The third kappa shape index (κ3) is 3.24. The van der Waals surface area contributed by atoms with Gasteiger partial charge < -0.3 is 9.73 Å². The number of rotatable bonds is 3. The minimum atomic E-state index is -0.271. The zero-order valence-electron chi connectivity index (χ0n) is 15.2. The number of fused-ring (bicyclic) bond motifs is 2. The number of carbonyl (C=O) groups is 1. The van der Waals surface area contributed by atoms with Crippen LogP contribution in [-0.2, 0) is 0 Å². The summed E-state index contributed by atoms with van der Waals surface area (Å²) in [5, 5.41) is 5.48. The molecule has 1 N–H and O–H groups in total. The van der Waals surface area contributed by atoms with E-state index in [1.165, 1.54) is 0 Å². The van der Waals surface area contributed by atoms with Crippen molar-refractivity contribution >= 4 is 45.1 Å². The molecule has 0 atom stereocenters. The van der Waals surface area contributed by atoms with E-state index in [1.807, 2.05) is 24.3 Å². The molecule has 0 saturated heterocycles. The first-order valence-electron chi connectivity index (χ1n) is 9.14. The van der Waals surface area contributed by atoms with Crippen molar-refractivity contribution in [3.05, 3.63) is 95.5 Å². The van der Waals surface area contributed by atoms with Gasteiger partial charge in [-0.3, -0.25) is 4.79 Å². The Labute approximate surface area is 171 Å². The standard InChI is InChI=1S/C24H15ClN2O2/c25-20-11-4-3-9-19(20)23(28)26-16-12-13-22-21(14-16)27-24(29-22)18-10-5-7-15-6-1-2-8-17(15)18/h1-14H,(H,26,28). The highest BCUT2D eigenvalue weighted by atomic mass is 35.5. The summed E-state index contributed by atoms with van der Waals surface area (Å²) in [5.41, 5.74) is 3.31. The quantitative estimate of drug-likeness (QED) is 0.374. The van der Waals surface area contributed by atoms with Crippen LogP contribution in [-0.4, -0.2) is 10.9 Å². The minimum Gasteiger partial charge on any atom is -0.436 e. The molecule has 5 rings (SSSR count). The number of anilines is 1. The Hall–Kier alpha value is -3.63. The normalized spacial score (nSPS) is 11.1. The lowest BCUT2D eigenvalue weighted by Gasteiger charge is -2.06. The van der Waals surface area contributed by atoms with Crippen LogP contribution in [0.15, 0.2) is 89.3 Å². The molecular formula is C24H15ClN2O2. The molecule has 140 valence electrons. The SMILES string of the molecule is O=C(Nc1ccc2oc(-c3cccc4ccccc34)nc2c1)c1ccccc1Cl. The van der Waals surface area contributed by atoms with Crippen LogP contribution in [0.5, 0.6) is 0 Å². The van der Waals surface area contributed by atoms with Gasteiger partial charge in [-0.05, 0) is 47.2 Å². The molecule has 0 radical (unpaired) electrons. The highest BCUT2D eigenvalue weighted by Gasteiger charge is 2.14. The largest absolute Gasteiger partial charge is 0.436 e. The third-order valence-corrected chi connectivity index (χ3v) is 5.11. The lowest BCUT2D eigenvalue weighted by atomic mass is 10.0. The monoisotopic (exact) mass is 398 g/mol. The van der Waals surface area contributed by atoms with E-state index < -0.39 is 0 Å². The van der Waals surface area contributed by atoms with Crippen LogP contribution in [0.1, 0.15) is 10.4 Å². The van der Waals surface area contributed by atoms with Crippen LogP contribution in [0.4, 0.5) is 5.69 Å². The van der Waals surface area contributed by atoms with E-state index in [2.05, 4.69) is 28.5 Å². The molecule has 29 heavy (non-hydrogen) atoms. The summed E-state index contributed by atoms with van der Waals surface area (Å²) in [7, 11) is 0. The van der Waals surface area contributed by atoms with Crippen LogP contribution in [0.2, 0.25) is 5.02 Å². The molecule has 0 fully saturated rings. The Kier molecular flexibility index (Phi) is 4.26. The Morgan fingerprint density at radius 1 is 0.897 bits per heavy atom. The first-order chi connectivity index (χ1) is 14.2. The van der Waals surface area contributed by atoms with Gasteiger partial charge in [-0.15, -0.1) is 0 Å². The smallest absolute Gasteiger partial charge is 0.257 e. The molecule has 5 heteroatoms. The second-order valence-corrected chi connectivity index (χ2v) is 7.07. The molecule has 5 aromatic rings. The third-order valence-electron chi connectivity index (χ3n) is 4.78. The van der Waals surface area contributed by atoms with Crippen molar-refractivity contribution in [3.8, 4) is 11.5 Å². The van der Waals surface area contributed by atoms with Crippen LogP contribution in [0, 0.1) is 0 Å². The van der Waals surface area contributed by atoms with Crippen LogP contribution < -0.4 is 5.32 Å². The molecule has 1 aromatic heterocycles. The average Bonchev–Trinajstić information content (AvgIpc) is 3.17. The average molecular weight is 399 g/mol. The fourth-order valence-corrected chi connectivity index (χ4v) is 3.60. The molecule has 0 aliphatic carbocycles. The summed E-state index contributed by atoms with van der Waals surface area (Å²) in [5.74, 6) is 0.277. The number of hydrogen-bond acceptors (Lipinski definition) is 3. The molecule has 0 bridgehead atoms. The van der Waals surface area contributed by atoms with Crippen molar-refractivity contribution in [2.45, 2.75) is 0 Å². The highest BCUT2D eigenvalue weighted by molar-refractivity contribution is 6.34. The van der Waals surface area contributed by atoms with Gasteiger partial charge in [-0.2, -0.15) is 0 Å². The Morgan fingerprint density at radius 3 is 2.59 bits per heavy atom. The molecule has 0 unspecified atom stereocenters. The van der Waals surface area contributed by atoms with Gasteiger partial charge in [0, 0.05) is 11.3 Å². The summed E-state index contributed by atoms with van der Waals surface area (Å²) < 4.78 is 5.98. The van der Waals surface area contributed by atoms with Crippen molar-refractivity contribution in [1.82, 2.24) is 4.98 Å². The van der Waals surface area contributed by atoms with E-state index in [9.17, 15) is 4.79 Å². The number of hydrogen-bond donors (Lipinski definition) is 1. The highest BCUT2D eigenvalue weighted by Crippen LogP contribution is 2.31. The van der Waals surface area contributed by atoms with Gasteiger partial charge in [-0.25, -0.2) is 4.98 Å². The summed E-state index contributed by atoms with van der Waals surface area (Å²) >= 11 is 6.11. The van der Waals surface area contributed by atoms with E-state index >= 15 is 0 Å². The number of nitrogens with one attached hydrogen (secondary N) is 1. The topological polar surface area (TPSA) is 55.1 Å². The van der Waals surface area contributed by atoms with Crippen LogP contribution in [0.25, 0.3) is 33.3 Å². The van der Waals surface area contributed by atoms with Crippen molar-refractivity contribution < 1.29 is 9.21 Å². The predicted octanol–water partition coefficient (Wildman–Crippen LogP) is 6.55. The van der Waals surface area contributed by atoms with Crippen molar-refractivity contribution in [1.29, 1.82) is 0 Å². The zero-order chi connectivity index (χ0) is 19.8. The Bertz CT molecular complexity index is 1370. The zero-order valence-corrected chi connectivity index (χ0v) is 16.0. The maximum absolute atomic E-state index is 12.5. The van der Waals surface area contributed by atoms with E-state index in [4.69, 9.17) is 16.0 Å². The number of halogens is 1. The minimum absolute atomic E-state index is 0.271. The van der Waals surface area contributed by atoms with Crippen molar-refractivity contribution in [2.24, 2.45) is 0 Å². The maximum atomic E-state index is 12.5. The molecule has 1 amide bonds. The number of oxazole rings is 1. The lowest BCUT2D eigenvalue weighted by molar-refractivity contribution is 0.102. The van der Waals surface area contributed by atoms with Crippen molar-refractivity contribution in [2.75, 3.05) is 5.32 Å². The number of benzene rings is 4. The molecule has 0 saturated carbocycles. The van der Waals surface area contributed by atoms with Gasteiger partial charge in [-0.1, -0.05) is 60.1 Å². The predicted molar refractivity (Wildman–Crippen MR) is 116 cm³/mol. The van der Waals surface area contributed by atoms with E-state index in [-0.39, 0.29) is 5.91 Å². The molecule has 0 aliphatic rings. The van der Waals surface area contributed by atoms with Gasteiger partial charge in [0.15, 0.2) is 5.58 Å². The number of nitrogens with zero attached hydrogens (tertiary/aromatic N) is 1. The molecule has 4 aromatic carbocycles. The molecule has 0 aliphatic heterocycles. The summed E-state index contributed by atoms with van der Waals surface area (Å²) in [4.78, 5) is 17.2. The number of carbonyl (C=O) groups excluding carboxylic acids is 1. The van der Waals surface area contributed by atoms with Gasteiger partial charge >= 0.3 is 0 Å². The maximum Gasteiger partial charge on any atom is 0.257 e. The first kappa shape index (κ1) is 17.5. The van der Waals surface area contributed by atoms with Gasteiger partial charge in [0.25, 0.3) is 5.91 Å². The van der Waals surface area contributed by atoms with E-state index in [0.29, 0.717) is 33.3 Å². The fraction of sp³-hybridized carbons (Fsp3) is 0. The summed E-state index contributed by atoms with van der Waals surface area (Å²) in [6.45, 7) is 0. The molecule has 0 spiro atoms. The van der Waals surface area contributed by atoms with E-state index in [1.54, 1.807) is 42.5 Å². The second kappa shape index (κ2) is 7.08. The van der Waals surface area contributed by atoms with Crippen LogP contribution >= 0.6 is 11.6 Å². The molecule has 4 nitrogen and oxygen atoms in total. The van der Waals surface area contributed by atoms with Gasteiger partial charge in [0.1, 0.15) is 5.52 Å². The second-order valence-electron chi connectivity index (χ2n) is 6.66. The Balaban J connectivity index is 1.51. The fourth-order valence-electron chi connectivity index (χ4n) is 3.38. The summed E-state index contributed by atoms with van der Waals surface area (Å²) in [6.07, 6.45) is 0. The number of aromatic nitrogens is 1. The van der Waals surface area contributed by atoms with Crippen LogP contribution in [0.3, 0.4) is 0 Å². The summed E-state index contributed by atoms with van der Waals surface area (Å²) in [6, 6.07) is 26.5. The van der Waals surface area contributed by atoms with Gasteiger partial charge in [0.05, 0.1) is 10.6 Å². The van der Waals surface area contributed by atoms with Gasteiger partial charge in [0.2, 0.25) is 5.89 Å². The Morgan fingerprint density at radius 2 is 1.69 bits per heavy atom. The number of amides is 1. The van der Waals surface area contributed by atoms with Crippen molar-refractivity contribution in [3.63, 3.8) is 0 Å². The first-order valence-corrected chi connectivity index (χ1v) is 9.51. The lowest BCUT2D eigenvalue weighted by Crippen LogP contribution is -2.12. The molecule has 1 heterocycles. The van der Waals surface area contributed by atoms with E-state index in [0.717, 1.165) is 16.3 Å². The molecular weight excluding hydrogens is 384 g/mol.